The second-order valence-electron chi connectivity index (χ2n) is 11.9. The molecule has 0 bridgehead atoms. The Labute approximate surface area is 277 Å². The lowest BCUT2D eigenvalue weighted by Crippen LogP contribution is -2.54. The molecule has 1 atom stereocenters. The number of halogens is 5. The summed E-state index contributed by atoms with van der Waals surface area (Å²) in [6.45, 7) is 7.18. The van der Waals surface area contributed by atoms with Gasteiger partial charge in [-0.2, -0.15) is 18.2 Å². The van der Waals surface area contributed by atoms with Gasteiger partial charge in [0.1, 0.15) is 17.3 Å². The predicted octanol–water partition coefficient (Wildman–Crippen LogP) is 4.60. The summed E-state index contributed by atoms with van der Waals surface area (Å²) >= 11 is 0. The number of aryl methyl sites for hydroxylation is 1. The Morgan fingerprint density at radius 1 is 1.10 bits per heavy atom. The highest BCUT2D eigenvalue weighted by Crippen LogP contribution is 2.41. The van der Waals surface area contributed by atoms with Crippen molar-refractivity contribution in [1.29, 1.82) is 0 Å². The number of carbonyl (C=O) groups excluding carboxylic acids is 1. The number of carbonyl (C=O) groups is 1. The van der Waals surface area contributed by atoms with Gasteiger partial charge in [0.15, 0.2) is 11.5 Å². The third kappa shape index (κ3) is 5.89. The predicted molar refractivity (Wildman–Crippen MR) is 172 cm³/mol. The average molecular weight is 704 g/mol. The lowest BCUT2D eigenvalue weighted by atomic mass is 10.0. The Morgan fingerprint density at radius 3 is 2.45 bits per heavy atom. The van der Waals surface area contributed by atoms with Crippen LogP contribution >= 0.6 is 0 Å². The maximum atomic E-state index is 16.1. The van der Waals surface area contributed by atoms with Gasteiger partial charge in [-0.25, -0.2) is 31.5 Å². The fraction of sp³-hybridized carbons (Fsp3) is 0.344. The summed E-state index contributed by atoms with van der Waals surface area (Å²) in [6.07, 6.45) is -1.76. The van der Waals surface area contributed by atoms with E-state index in [2.05, 4.69) is 21.5 Å². The molecule has 1 amide bonds. The van der Waals surface area contributed by atoms with E-state index in [1.807, 2.05) is 0 Å². The molecule has 49 heavy (non-hydrogen) atoms. The number of anilines is 2. The van der Waals surface area contributed by atoms with E-state index in [4.69, 9.17) is 0 Å². The van der Waals surface area contributed by atoms with Gasteiger partial charge >= 0.3 is 11.9 Å². The summed E-state index contributed by atoms with van der Waals surface area (Å²) in [4.78, 5) is 42.3. The van der Waals surface area contributed by atoms with Crippen LogP contribution in [0.1, 0.15) is 31.0 Å². The van der Waals surface area contributed by atoms with E-state index >= 15 is 8.78 Å². The fourth-order valence-electron chi connectivity index (χ4n) is 6.11. The van der Waals surface area contributed by atoms with Crippen LogP contribution in [0.4, 0.5) is 33.5 Å². The first kappa shape index (κ1) is 34.0. The van der Waals surface area contributed by atoms with Crippen molar-refractivity contribution in [2.75, 3.05) is 35.9 Å². The summed E-state index contributed by atoms with van der Waals surface area (Å²) < 4.78 is 102. The highest BCUT2D eigenvalue weighted by atomic mass is 32.2. The van der Waals surface area contributed by atoms with Crippen molar-refractivity contribution in [1.82, 2.24) is 24.4 Å². The Morgan fingerprint density at radius 2 is 1.82 bits per heavy atom. The van der Waals surface area contributed by atoms with Gasteiger partial charge in [0, 0.05) is 38.9 Å². The summed E-state index contributed by atoms with van der Waals surface area (Å²) in [5, 5.41) is -0.787. The summed E-state index contributed by atoms with van der Waals surface area (Å²) in [7, 11) is -2.61. The number of nitrogens with zero attached hydrogens (tertiary/aromatic N) is 7. The topological polar surface area (TPSA) is 122 Å². The van der Waals surface area contributed by atoms with Crippen molar-refractivity contribution in [3.63, 3.8) is 0 Å². The number of hydrogen-bond donors (Lipinski definition) is 0. The number of fused-ring (bicyclic) bond motifs is 1. The zero-order valence-corrected chi connectivity index (χ0v) is 27.3. The first-order chi connectivity index (χ1) is 23.1. The van der Waals surface area contributed by atoms with Gasteiger partial charge in [-0.1, -0.05) is 12.6 Å². The van der Waals surface area contributed by atoms with E-state index in [-0.39, 0.29) is 53.8 Å². The van der Waals surface area contributed by atoms with Crippen LogP contribution in [-0.4, -0.2) is 76.7 Å². The molecule has 1 aliphatic carbocycles. The number of benzene rings is 1. The Bertz CT molecular complexity index is 2190. The highest BCUT2D eigenvalue weighted by Gasteiger charge is 2.41. The molecular weight excluding hydrogens is 673 g/mol. The number of piperazine rings is 1. The summed E-state index contributed by atoms with van der Waals surface area (Å²) in [6, 6.07) is 3.83. The minimum absolute atomic E-state index is 0.0168. The molecule has 1 saturated carbocycles. The molecule has 4 heterocycles. The van der Waals surface area contributed by atoms with Gasteiger partial charge in [0.2, 0.25) is 15.9 Å². The van der Waals surface area contributed by atoms with Gasteiger partial charge in [-0.05, 0) is 57.0 Å². The van der Waals surface area contributed by atoms with Crippen molar-refractivity contribution in [3.05, 3.63) is 82.6 Å². The van der Waals surface area contributed by atoms with Gasteiger partial charge in [0.05, 0.1) is 38.8 Å². The molecule has 2 aliphatic rings. The summed E-state index contributed by atoms with van der Waals surface area (Å²) in [5.74, 6) is -3.15. The van der Waals surface area contributed by atoms with Crippen molar-refractivity contribution >= 4 is 38.5 Å². The minimum Gasteiger partial charge on any atom is -0.350 e. The number of amides is 1. The standard InChI is InChI=1S/C32H30F5N7O4S/c1-5-25(45)42-13-14-43(17(2)16-42)29-20-15-23(34)27(26-21(32(35,36)37)7-6-8-22(26)33)39-30(20)44(31(46)40-29)28-18(3)38-12-11-24(28)41(4)49(47,48)19-9-10-19/h5-8,11-12,15,17,19H,1,9-10,13-14,16H2,2-4H3/t17-/m0/s1. The van der Waals surface area contributed by atoms with Crippen LogP contribution in [-0.2, 0) is 21.0 Å². The number of sulfonamides is 1. The zero-order chi connectivity index (χ0) is 35.6. The number of hydrogen-bond acceptors (Lipinski definition) is 8. The van der Waals surface area contributed by atoms with E-state index in [1.54, 1.807) is 11.8 Å². The second kappa shape index (κ2) is 12.2. The van der Waals surface area contributed by atoms with Crippen LogP contribution in [0.25, 0.3) is 28.0 Å². The van der Waals surface area contributed by atoms with E-state index in [0.717, 1.165) is 33.1 Å². The Hall–Kier alpha value is -4.93. The lowest BCUT2D eigenvalue weighted by molar-refractivity contribution is -0.137. The van der Waals surface area contributed by atoms with Crippen molar-refractivity contribution in [2.24, 2.45) is 0 Å². The normalized spacial score (nSPS) is 17.0. The van der Waals surface area contributed by atoms with Crippen LogP contribution in [0, 0.1) is 18.6 Å². The Kier molecular flexibility index (Phi) is 8.45. The maximum Gasteiger partial charge on any atom is 0.417 e. The van der Waals surface area contributed by atoms with Crippen LogP contribution in [0.3, 0.4) is 0 Å². The first-order valence-corrected chi connectivity index (χ1v) is 16.7. The first-order valence-electron chi connectivity index (χ1n) is 15.2. The van der Waals surface area contributed by atoms with Crippen LogP contribution < -0.4 is 14.9 Å². The molecule has 0 unspecified atom stereocenters. The number of rotatable bonds is 7. The number of pyridine rings is 2. The van der Waals surface area contributed by atoms with Gasteiger partial charge in [-0.3, -0.25) is 14.1 Å². The van der Waals surface area contributed by atoms with Crippen LogP contribution in [0.5, 0.6) is 0 Å². The van der Waals surface area contributed by atoms with Crippen molar-refractivity contribution in [2.45, 2.75) is 44.2 Å². The van der Waals surface area contributed by atoms with Crippen molar-refractivity contribution in [3.8, 4) is 16.9 Å². The molecule has 1 aromatic carbocycles. The molecular formula is C32H30F5N7O4S. The zero-order valence-electron chi connectivity index (χ0n) is 26.5. The molecule has 11 nitrogen and oxygen atoms in total. The molecule has 2 fully saturated rings. The van der Waals surface area contributed by atoms with Crippen LogP contribution in [0.15, 0.2) is 54.0 Å². The summed E-state index contributed by atoms with van der Waals surface area (Å²) in [5.41, 5.74) is -5.17. The third-order valence-corrected chi connectivity index (χ3v) is 11.0. The van der Waals surface area contributed by atoms with Gasteiger partial charge in [0.25, 0.3) is 0 Å². The monoisotopic (exact) mass is 703 g/mol. The molecule has 4 aromatic rings. The quantitative estimate of drug-likeness (QED) is 0.202. The van der Waals surface area contributed by atoms with Gasteiger partial charge in [-0.15, -0.1) is 0 Å². The van der Waals surface area contributed by atoms with E-state index < -0.39 is 67.3 Å². The van der Waals surface area contributed by atoms with E-state index in [9.17, 15) is 31.2 Å². The lowest BCUT2D eigenvalue weighted by Gasteiger charge is -2.40. The number of aromatic nitrogens is 4. The Balaban J connectivity index is 1.67. The SMILES string of the molecule is C=CC(=O)N1CCN(c2nc(=O)n(-c3c(N(C)S(=O)(=O)C4CC4)ccnc3C)c3nc(-c4c(F)cccc4C(F)(F)F)c(F)cc23)[C@@H](C)C1. The molecule has 3 aromatic heterocycles. The molecule has 6 rings (SSSR count). The fourth-order valence-corrected chi connectivity index (χ4v) is 7.71. The number of alkyl halides is 3. The minimum atomic E-state index is -5.10. The molecule has 1 saturated heterocycles. The van der Waals surface area contributed by atoms with E-state index in [1.165, 1.54) is 31.1 Å². The third-order valence-electron chi connectivity index (χ3n) is 8.72. The molecule has 1 aliphatic heterocycles. The van der Waals surface area contributed by atoms with Crippen molar-refractivity contribution < 1.29 is 35.2 Å². The van der Waals surface area contributed by atoms with Crippen LogP contribution in [0.2, 0.25) is 0 Å². The maximum absolute atomic E-state index is 16.1. The smallest absolute Gasteiger partial charge is 0.350 e. The molecule has 0 radical (unpaired) electrons. The average Bonchev–Trinajstić information content (AvgIpc) is 3.90. The molecule has 0 spiro atoms. The largest absolute Gasteiger partial charge is 0.417 e. The molecule has 258 valence electrons. The van der Waals surface area contributed by atoms with Gasteiger partial charge < -0.3 is 9.80 Å². The second-order valence-corrected chi connectivity index (χ2v) is 14.2. The highest BCUT2D eigenvalue weighted by molar-refractivity contribution is 7.93. The molecule has 0 N–H and O–H groups in total. The van der Waals surface area contributed by atoms with E-state index in [0.29, 0.717) is 18.9 Å². The molecule has 17 heteroatoms.